The van der Waals surface area contributed by atoms with Crippen LogP contribution in [0.5, 0.6) is 11.5 Å². The van der Waals surface area contributed by atoms with E-state index >= 15 is 0 Å². The van der Waals surface area contributed by atoms with E-state index in [1.54, 1.807) is 30.3 Å². The van der Waals surface area contributed by atoms with Gasteiger partial charge in [0.1, 0.15) is 24.6 Å². The van der Waals surface area contributed by atoms with Crippen molar-refractivity contribution in [1.29, 1.82) is 0 Å². The third kappa shape index (κ3) is 3.82. The molecule has 2 aliphatic rings. The van der Waals surface area contributed by atoms with Gasteiger partial charge in [-0.25, -0.2) is 4.39 Å². The van der Waals surface area contributed by atoms with Crippen molar-refractivity contribution >= 4 is 5.78 Å². The molecule has 0 bridgehead atoms. The minimum Gasteiger partial charge on any atom is -0.486 e. The molecule has 0 aromatic heterocycles. The number of nitrogens with zero attached hydrogens (tertiary/aromatic N) is 1. The van der Waals surface area contributed by atoms with E-state index in [-0.39, 0.29) is 11.6 Å². The molecule has 6 heteroatoms. The fraction of sp³-hybridized carbons (Fsp3) is 0.381. The molecule has 0 radical (unpaired) electrons. The molecule has 2 aliphatic heterocycles. The fourth-order valence-corrected chi connectivity index (χ4v) is 3.68. The molecular formula is C21H22FNO4. The first-order chi connectivity index (χ1) is 13.0. The van der Waals surface area contributed by atoms with E-state index in [1.165, 1.54) is 12.1 Å². The van der Waals surface area contributed by atoms with Crippen LogP contribution in [0, 0.1) is 5.82 Å². The van der Waals surface area contributed by atoms with Crippen LogP contribution in [0.25, 0.3) is 0 Å². The number of carbonyl (C=O) groups excluding carboxylic acids is 1. The van der Waals surface area contributed by atoms with Crippen LogP contribution in [0.2, 0.25) is 0 Å². The van der Waals surface area contributed by atoms with Gasteiger partial charge < -0.3 is 14.6 Å². The van der Waals surface area contributed by atoms with Crippen molar-refractivity contribution in [3.63, 3.8) is 0 Å². The third-order valence-electron chi connectivity index (χ3n) is 5.23. The number of aliphatic hydroxyl groups is 1. The lowest BCUT2D eigenvalue weighted by molar-refractivity contribution is 0.0457. The van der Waals surface area contributed by atoms with Crippen molar-refractivity contribution in [1.82, 2.24) is 4.90 Å². The highest BCUT2D eigenvalue weighted by atomic mass is 19.1. The Hall–Kier alpha value is -2.44. The molecule has 5 nitrogen and oxygen atoms in total. The Balaban J connectivity index is 1.35. The molecule has 2 heterocycles. The first kappa shape index (κ1) is 17.9. The SMILES string of the molecule is O=C(CCN1CC[C@](O)(c2ccc(F)cc2)C1)c1ccc2c(c1)OCCO2. The van der Waals surface area contributed by atoms with Gasteiger partial charge in [0.15, 0.2) is 17.3 Å². The maximum absolute atomic E-state index is 13.1. The van der Waals surface area contributed by atoms with E-state index in [9.17, 15) is 14.3 Å². The molecule has 0 unspecified atom stereocenters. The molecule has 142 valence electrons. The van der Waals surface area contributed by atoms with Gasteiger partial charge in [0, 0.05) is 31.6 Å². The van der Waals surface area contributed by atoms with E-state index < -0.39 is 5.60 Å². The molecule has 4 rings (SSSR count). The van der Waals surface area contributed by atoms with Crippen molar-refractivity contribution in [2.24, 2.45) is 0 Å². The summed E-state index contributed by atoms with van der Waals surface area (Å²) < 4.78 is 24.1. The van der Waals surface area contributed by atoms with Gasteiger partial charge in [0.2, 0.25) is 0 Å². The fourth-order valence-electron chi connectivity index (χ4n) is 3.68. The monoisotopic (exact) mass is 371 g/mol. The number of halogens is 1. The van der Waals surface area contributed by atoms with E-state index in [2.05, 4.69) is 4.90 Å². The summed E-state index contributed by atoms with van der Waals surface area (Å²) in [5.41, 5.74) is 0.324. The van der Waals surface area contributed by atoms with E-state index in [0.717, 1.165) is 0 Å². The van der Waals surface area contributed by atoms with Gasteiger partial charge in [-0.15, -0.1) is 0 Å². The minimum atomic E-state index is -0.992. The molecular weight excluding hydrogens is 349 g/mol. The zero-order valence-corrected chi connectivity index (χ0v) is 15.0. The van der Waals surface area contributed by atoms with Gasteiger partial charge in [-0.1, -0.05) is 12.1 Å². The molecule has 0 spiro atoms. The van der Waals surface area contributed by atoms with Gasteiger partial charge in [-0.2, -0.15) is 0 Å². The summed E-state index contributed by atoms with van der Waals surface area (Å²) in [5, 5.41) is 10.9. The summed E-state index contributed by atoms with van der Waals surface area (Å²) in [4.78, 5) is 14.6. The largest absolute Gasteiger partial charge is 0.486 e. The van der Waals surface area contributed by atoms with Gasteiger partial charge >= 0.3 is 0 Å². The van der Waals surface area contributed by atoms with E-state index in [1.807, 2.05) is 0 Å². The van der Waals surface area contributed by atoms with Gasteiger partial charge in [-0.3, -0.25) is 9.69 Å². The normalized spacial score (nSPS) is 22.0. The summed E-state index contributed by atoms with van der Waals surface area (Å²) >= 11 is 0. The van der Waals surface area contributed by atoms with Crippen LogP contribution < -0.4 is 9.47 Å². The van der Waals surface area contributed by atoms with Crippen molar-refractivity contribution in [2.45, 2.75) is 18.4 Å². The smallest absolute Gasteiger partial charge is 0.164 e. The number of β-amino-alcohol motifs (C(OH)–C–C–N with tert-alkyl or cyclic N) is 1. The Kier molecular flexibility index (Phi) is 4.85. The van der Waals surface area contributed by atoms with E-state index in [0.29, 0.717) is 68.3 Å². The van der Waals surface area contributed by atoms with Crippen LogP contribution in [0.3, 0.4) is 0 Å². The highest BCUT2D eigenvalue weighted by Gasteiger charge is 2.37. The van der Waals surface area contributed by atoms with Crippen molar-refractivity contribution in [3.8, 4) is 11.5 Å². The Morgan fingerprint density at radius 3 is 2.63 bits per heavy atom. The summed E-state index contributed by atoms with van der Waals surface area (Å²) in [6.07, 6.45) is 0.927. The topological polar surface area (TPSA) is 59.0 Å². The van der Waals surface area contributed by atoms with Crippen LogP contribution >= 0.6 is 0 Å². The predicted molar refractivity (Wildman–Crippen MR) is 97.7 cm³/mol. The number of hydrogen-bond acceptors (Lipinski definition) is 5. The molecule has 2 aromatic carbocycles. The molecule has 0 aliphatic carbocycles. The number of fused-ring (bicyclic) bond motifs is 1. The summed E-state index contributed by atoms with van der Waals surface area (Å²) in [6, 6.07) is 11.2. The molecule has 1 fully saturated rings. The Morgan fingerprint density at radius 2 is 1.85 bits per heavy atom. The lowest BCUT2D eigenvalue weighted by atomic mass is 9.93. The molecule has 1 atom stereocenters. The first-order valence-corrected chi connectivity index (χ1v) is 9.17. The number of ether oxygens (including phenoxy) is 2. The molecule has 0 saturated carbocycles. The van der Waals surface area contributed by atoms with Crippen molar-refractivity contribution in [3.05, 3.63) is 59.4 Å². The average molecular weight is 371 g/mol. The molecule has 0 amide bonds. The predicted octanol–water partition coefficient (Wildman–Crippen LogP) is 2.76. The number of likely N-dealkylation sites (tertiary alicyclic amines) is 1. The zero-order valence-electron chi connectivity index (χ0n) is 15.0. The minimum absolute atomic E-state index is 0.0317. The van der Waals surface area contributed by atoms with Crippen molar-refractivity contribution in [2.75, 3.05) is 32.8 Å². The number of Topliss-reactive ketones (excluding diaryl/α,β-unsaturated/α-hetero) is 1. The standard InChI is InChI=1S/C21H22FNO4/c22-17-4-2-16(3-5-17)21(25)8-10-23(14-21)9-7-18(24)15-1-6-19-20(13-15)27-12-11-26-19/h1-6,13,25H,7-12,14H2/t21-/m1/s1. The molecule has 2 aromatic rings. The number of rotatable bonds is 5. The third-order valence-corrected chi connectivity index (χ3v) is 5.23. The summed E-state index contributed by atoms with van der Waals surface area (Å²) in [6.45, 7) is 2.71. The molecule has 1 N–H and O–H groups in total. The molecule has 1 saturated heterocycles. The zero-order chi connectivity index (χ0) is 18.9. The second kappa shape index (κ2) is 7.29. The van der Waals surface area contributed by atoms with Crippen LogP contribution in [0.4, 0.5) is 4.39 Å². The van der Waals surface area contributed by atoms with E-state index in [4.69, 9.17) is 9.47 Å². The second-order valence-corrected chi connectivity index (χ2v) is 7.10. The average Bonchev–Trinajstić information content (AvgIpc) is 3.08. The Morgan fingerprint density at radius 1 is 1.11 bits per heavy atom. The maximum Gasteiger partial charge on any atom is 0.164 e. The Labute approximate surface area is 157 Å². The summed E-state index contributed by atoms with van der Waals surface area (Å²) in [5.74, 6) is 0.993. The van der Waals surface area contributed by atoms with Crippen LogP contribution in [0.15, 0.2) is 42.5 Å². The quantitative estimate of drug-likeness (QED) is 0.819. The number of hydrogen-bond donors (Lipinski definition) is 1. The second-order valence-electron chi connectivity index (χ2n) is 7.10. The lowest BCUT2D eigenvalue weighted by Gasteiger charge is -2.24. The summed E-state index contributed by atoms with van der Waals surface area (Å²) in [7, 11) is 0. The Bertz CT molecular complexity index is 839. The van der Waals surface area contributed by atoms with Crippen LogP contribution in [-0.2, 0) is 5.60 Å². The number of benzene rings is 2. The van der Waals surface area contributed by atoms with Gasteiger partial charge in [-0.05, 0) is 42.3 Å². The lowest BCUT2D eigenvalue weighted by Crippen LogP contribution is -2.31. The highest BCUT2D eigenvalue weighted by Crippen LogP contribution is 2.33. The van der Waals surface area contributed by atoms with Crippen LogP contribution in [0.1, 0.15) is 28.8 Å². The first-order valence-electron chi connectivity index (χ1n) is 9.17. The number of carbonyl (C=O) groups is 1. The van der Waals surface area contributed by atoms with Crippen LogP contribution in [-0.4, -0.2) is 48.6 Å². The highest BCUT2D eigenvalue weighted by molar-refractivity contribution is 5.96. The number of ketones is 1. The van der Waals surface area contributed by atoms with Crippen molar-refractivity contribution < 1.29 is 23.8 Å². The van der Waals surface area contributed by atoms with Gasteiger partial charge in [0.05, 0.1) is 0 Å². The van der Waals surface area contributed by atoms with Gasteiger partial charge in [0.25, 0.3) is 0 Å². The maximum atomic E-state index is 13.1. The molecule has 27 heavy (non-hydrogen) atoms.